The van der Waals surface area contributed by atoms with Gasteiger partial charge in [0.25, 0.3) is 0 Å². The van der Waals surface area contributed by atoms with Gasteiger partial charge in [0.2, 0.25) is 0 Å². The van der Waals surface area contributed by atoms with Gasteiger partial charge in [0.15, 0.2) is 0 Å². The minimum atomic E-state index is -0.330. The Morgan fingerprint density at radius 2 is 0.926 bits per heavy atom. The Balaban J connectivity index is 1.35. The summed E-state index contributed by atoms with van der Waals surface area (Å²) in [6, 6.07) is 58.7. The van der Waals surface area contributed by atoms with Crippen LogP contribution in [-0.2, 0) is 21.7 Å². The first-order chi connectivity index (χ1) is 32.2. The molecule has 0 saturated heterocycles. The second kappa shape index (κ2) is 17.2. The Hall–Kier alpha value is -7.04. The van der Waals surface area contributed by atoms with Crippen molar-refractivity contribution in [2.75, 3.05) is 0 Å². The van der Waals surface area contributed by atoms with Crippen LogP contribution in [0.1, 0.15) is 105 Å². The van der Waals surface area contributed by atoms with E-state index < -0.39 is 0 Å². The van der Waals surface area contributed by atoms with Gasteiger partial charge in [0.1, 0.15) is 11.6 Å². The van der Waals surface area contributed by atoms with Gasteiger partial charge in [-0.1, -0.05) is 204 Å². The number of imidazole rings is 1. The number of hydrogen-bond donors (Lipinski definition) is 1. The summed E-state index contributed by atoms with van der Waals surface area (Å²) in [5.74, 6) is 0.951. The molecule has 1 N–H and O–H groups in total. The van der Waals surface area contributed by atoms with Gasteiger partial charge in [0, 0.05) is 34.0 Å². The molecule has 9 aromatic rings. The number of hydrogen-bond acceptors (Lipinski definition) is 3. The lowest BCUT2D eigenvalue weighted by atomic mass is 9.79. The zero-order valence-electron chi connectivity index (χ0n) is 42.0. The second-order valence-corrected chi connectivity index (χ2v) is 22.6. The topological polar surface area (TPSA) is 50.9 Å². The second-order valence-electron chi connectivity index (χ2n) is 22.6. The first-order valence-corrected chi connectivity index (χ1v) is 24.0. The minimum absolute atomic E-state index is 0.0790. The Kier molecular flexibility index (Phi) is 11.7. The minimum Gasteiger partial charge on any atom is -0.507 e. The lowest BCUT2D eigenvalue weighted by Crippen LogP contribution is -2.17. The Morgan fingerprint density at radius 1 is 0.397 bits per heavy atom. The smallest absolute Gasteiger partial charge is 0.149 e. The van der Waals surface area contributed by atoms with Crippen molar-refractivity contribution in [3.05, 3.63) is 192 Å². The quantitative estimate of drug-likeness (QED) is 0.173. The molecule has 0 amide bonds. The van der Waals surface area contributed by atoms with Crippen molar-refractivity contribution in [2.24, 2.45) is 0 Å². The summed E-state index contributed by atoms with van der Waals surface area (Å²) in [5, 5.41) is 12.6. The standard InChI is InChI=1S/C64H65N3O/c1-61(2,3)46-31-32-56(51(36-46)42-25-18-14-19-26-42)67-57-30-22-29-49(58(57)66-60(67)52-37-48(63(7,8)9)38-54(59(52)68)64(10,11)12)44-33-45(35-47(34-44)62(4,5)6)55-39-50(41-23-16-13-17-24-41)53(40-65-55)43-27-20-15-21-28-43/h13-40,68H,1-12H3. The highest BCUT2D eigenvalue weighted by Gasteiger charge is 2.30. The fraction of sp³-hybridized carbons (Fsp3) is 0.250. The van der Waals surface area contributed by atoms with Gasteiger partial charge < -0.3 is 5.11 Å². The fourth-order valence-electron chi connectivity index (χ4n) is 9.29. The molecule has 0 unspecified atom stereocenters. The number of fused-ring (bicyclic) bond motifs is 1. The number of rotatable bonds is 7. The average Bonchev–Trinajstić information content (AvgIpc) is 3.70. The number of para-hydroxylation sites is 1. The molecule has 342 valence electrons. The van der Waals surface area contributed by atoms with Crippen LogP contribution < -0.4 is 0 Å². The van der Waals surface area contributed by atoms with Crippen LogP contribution in [0.5, 0.6) is 5.75 Å². The largest absolute Gasteiger partial charge is 0.507 e. The highest BCUT2D eigenvalue weighted by molar-refractivity contribution is 5.98. The van der Waals surface area contributed by atoms with Gasteiger partial charge in [-0.3, -0.25) is 9.55 Å². The summed E-state index contributed by atoms with van der Waals surface area (Å²) < 4.78 is 2.30. The van der Waals surface area contributed by atoms with Crippen molar-refractivity contribution in [1.29, 1.82) is 0 Å². The lowest BCUT2D eigenvalue weighted by molar-refractivity contribution is 0.446. The first-order valence-electron chi connectivity index (χ1n) is 24.0. The van der Waals surface area contributed by atoms with Crippen LogP contribution >= 0.6 is 0 Å². The zero-order chi connectivity index (χ0) is 48.3. The Morgan fingerprint density at radius 3 is 1.50 bits per heavy atom. The van der Waals surface area contributed by atoms with Gasteiger partial charge in [-0.05, 0) is 109 Å². The maximum Gasteiger partial charge on any atom is 0.149 e. The molecule has 4 heteroatoms. The van der Waals surface area contributed by atoms with E-state index in [0.29, 0.717) is 11.4 Å². The predicted octanol–water partition coefficient (Wildman–Crippen LogP) is 17.3. The zero-order valence-corrected chi connectivity index (χ0v) is 42.0. The Bertz CT molecular complexity index is 3300. The fourth-order valence-corrected chi connectivity index (χ4v) is 9.29. The molecule has 0 spiro atoms. The van der Waals surface area contributed by atoms with Crippen molar-refractivity contribution < 1.29 is 5.11 Å². The number of benzene rings is 7. The number of phenols is 1. The van der Waals surface area contributed by atoms with Gasteiger partial charge >= 0.3 is 0 Å². The first kappa shape index (κ1) is 46.1. The number of phenolic OH excluding ortho intramolecular Hbond substituents is 1. The van der Waals surface area contributed by atoms with E-state index in [4.69, 9.17) is 9.97 Å². The molecule has 0 bridgehead atoms. The molecule has 7 aromatic carbocycles. The predicted molar refractivity (Wildman–Crippen MR) is 288 cm³/mol. The van der Waals surface area contributed by atoms with E-state index in [1.807, 2.05) is 6.20 Å². The molecule has 2 aromatic heterocycles. The summed E-state index contributed by atoms with van der Waals surface area (Å²) in [5.41, 5.74) is 17.9. The molecule has 0 fully saturated rings. The molecule has 0 saturated carbocycles. The summed E-state index contributed by atoms with van der Waals surface area (Å²) in [6.07, 6.45) is 2.03. The molecule has 4 nitrogen and oxygen atoms in total. The maximum atomic E-state index is 12.6. The molecule has 0 radical (unpaired) electrons. The van der Waals surface area contributed by atoms with Crippen LogP contribution in [-0.4, -0.2) is 19.6 Å². The average molecular weight is 892 g/mol. The van der Waals surface area contributed by atoms with Crippen LogP contribution in [0, 0.1) is 0 Å². The summed E-state index contributed by atoms with van der Waals surface area (Å²) in [6.45, 7) is 26.8. The van der Waals surface area contributed by atoms with E-state index in [9.17, 15) is 5.11 Å². The summed E-state index contributed by atoms with van der Waals surface area (Å²) in [4.78, 5) is 10.9. The van der Waals surface area contributed by atoms with E-state index in [-0.39, 0.29) is 27.4 Å². The van der Waals surface area contributed by atoms with Gasteiger partial charge in [-0.25, -0.2) is 4.98 Å². The number of nitrogens with zero attached hydrogens (tertiary/aromatic N) is 3. The molecule has 0 aliphatic rings. The van der Waals surface area contributed by atoms with Crippen LogP contribution in [0.3, 0.4) is 0 Å². The van der Waals surface area contributed by atoms with Crippen molar-refractivity contribution in [1.82, 2.24) is 14.5 Å². The Labute approximate surface area is 404 Å². The van der Waals surface area contributed by atoms with E-state index >= 15 is 0 Å². The van der Waals surface area contributed by atoms with Crippen molar-refractivity contribution in [2.45, 2.75) is 105 Å². The maximum absolute atomic E-state index is 12.6. The van der Waals surface area contributed by atoms with E-state index in [0.717, 1.165) is 83.6 Å². The number of pyridine rings is 1. The van der Waals surface area contributed by atoms with Crippen LogP contribution in [0.4, 0.5) is 0 Å². The third kappa shape index (κ3) is 8.93. The van der Waals surface area contributed by atoms with Crippen molar-refractivity contribution in [3.8, 4) is 78.6 Å². The van der Waals surface area contributed by atoms with Crippen molar-refractivity contribution >= 4 is 11.0 Å². The lowest BCUT2D eigenvalue weighted by Gasteiger charge is -2.28. The summed E-state index contributed by atoms with van der Waals surface area (Å²) in [7, 11) is 0. The molecule has 0 atom stereocenters. The van der Waals surface area contributed by atoms with Crippen LogP contribution in [0.2, 0.25) is 0 Å². The van der Waals surface area contributed by atoms with Gasteiger partial charge in [-0.2, -0.15) is 0 Å². The molecular weight excluding hydrogens is 827 g/mol. The van der Waals surface area contributed by atoms with Gasteiger partial charge in [-0.15, -0.1) is 0 Å². The van der Waals surface area contributed by atoms with Gasteiger partial charge in [0.05, 0.1) is 28.0 Å². The molecule has 68 heavy (non-hydrogen) atoms. The number of aromatic hydroxyl groups is 1. The van der Waals surface area contributed by atoms with Crippen LogP contribution in [0.15, 0.2) is 170 Å². The molecule has 2 heterocycles. The van der Waals surface area contributed by atoms with Crippen molar-refractivity contribution in [3.63, 3.8) is 0 Å². The molecule has 0 aliphatic heterocycles. The SMILES string of the molecule is CC(C)(C)c1cc(-c2cc(-c3ccccc3)c(-c3ccccc3)cn2)cc(-c2cccc3c2nc(-c2cc(C(C)(C)C)cc(C(C)(C)C)c2O)n3-c2ccc(C(C)(C)C)cc2-c2ccccc2)c1. The number of aromatic nitrogens is 3. The van der Waals surface area contributed by atoms with E-state index in [1.54, 1.807) is 0 Å². The third-order valence-corrected chi connectivity index (χ3v) is 13.4. The normalized spacial score (nSPS) is 12.5. The highest BCUT2D eigenvalue weighted by Crippen LogP contribution is 2.46. The summed E-state index contributed by atoms with van der Waals surface area (Å²) >= 11 is 0. The molecule has 0 aliphatic carbocycles. The van der Waals surface area contributed by atoms with Crippen LogP contribution in [0.25, 0.3) is 83.9 Å². The monoisotopic (exact) mass is 892 g/mol. The molecule has 9 rings (SSSR count). The van der Waals surface area contributed by atoms with E-state index in [1.165, 1.54) is 11.1 Å². The third-order valence-electron chi connectivity index (χ3n) is 13.4. The molecular formula is C64H65N3O. The van der Waals surface area contributed by atoms with E-state index in [2.05, 4.69) is 251 Å². The highest BCUT2D eigenvalue weighted by atomic mass is 16.3.